The predicted octanol–water partition coefficient (Wildman–Crippen LogP) is 5.86. The molecular formula is C18H17Cl2N3O2S. The number of anilines is 2. The number of halogens is 2. The highest BCUT2D eigenvalue weighted by Gasteiger charge is 2.21. The third-order valence-corrected chi connectivity index (χ3v) is 5.39. The van der Waals surface area contributed by atoms with Gasteiger partial charge in [-0.2, -0.15) is 0 Å². The van der Waals surface area contributed by atoms with E-state index < -0.39 is 0 Å². The lowest BCUT2D eigenvalue weighted by molar-refractivity contribution is 0.0464. The summed E-state index contributed by atoms with van der Waals surface area (Å²) in [7, 11) is 0. The van der Waals surface area contributed by atoms with Crippen LogP contribution in [0.5, 0.6) is 0 Å². The van der Waals surface area contributed by atoms with Crippen molar-refractivity contribution in [2.24, 2.45) is 5.92 Å². The van der Waals surface area contributed by atoms with Crippen LogP contribution >= 0.6 is 34.5 Å². The standard InChI is InChI=1S/C18H17Cl2N3O2S/c1-9(2)7-25-18(24)15-10(3)14-16(21-8-22-17(14)26-15)23-13-6-11(19)4-5-12(13)20/h4-6,8-9H,7H2,1-3H3,(H,21,22,23). The Labute approximate surface area is 165 Å². The van der Waals surface area contributed by atoms with E-state index in [-0.39, 0.29) is 11.9 Å². The second-order valence-corrected chi connectivity index (χ2v) is 8.04. The highest BCUT2D eigenvalue weighted by Crippen LogP contribution is 2.36. The molecule has 0 unspecified atom stereocenters. The smallest absolute Gasteiger partial charge is 0.348 e. The van der Waals surface area contributed by atoms with Crippen molar-refractivity contribution in [1.82, 2.24) is 9.97 Å². The van der Waals surface area contributed by atoms with Gasteiger partial charge in [-0.25, -0.2) is 14.8 Å². The van der Waals surface area contributed by atoms with E-state index in [1.165, 1.54) is 17.7 Å². The summed E-state index contributed by atoms with van der Waals surface area (Å²) in [6.45, 7) is 6.22. The van der Waals surface area contributed by atoms with E-state index in [1.54, 1.807) is 18.2 Å². The summed E-state index contributed by atoms with van der Waals surface area (Å²) >= 11 is 13.6. The molecule has 0 amide bonds. The first kappa shape index (κ1) is 18.9. The normalized spacial score (nSPS) is 11.2. The van der Waals surface area contributed by atoms with Crippen LogP contribution in [0.2, 0.25) is 10.0 Å². The zero-order valence-electron chi connectivity index (χ0n) is 14.5. The maximum absolute atomic E-state index is 12.4. The molecule has 3 rings (SSSR count). The number of nitrogens with one attached hydrogen (secondary N) is 1. The molecule has 2 aromatic heterocycles. The van der Waals surface area contributed by atoms with Gasteiger partial charge in [0, 0.05) is 5.02 Å². The van der Waals surface area contributed by atoms with Crippen molar-refractivity contribution in [1.29, 1.82) is 0 Å². The van der Waals surface area contributed by atoms with Crippen LogP contribution in [0, 0.1) is 12.8 Å². The monoisotopic (exact) mass is 409 g/mol. The number of hydrogen-bond donors (Lipinski definition) is 1. The van der Waals surface area contributed by atoms with Gasteiger partial charge in [-0.1, -0.05) is 37.0 Å². The number of carbonyl (C=O) groups excluding carboxylic acids is 1. The number of rotatable bonds is 5. The van der Waals surface area contributed by atoms with Crippen LogP contribution < -0.4 is 5.32 Å². The molecule has 5 nitrogen and oxygen atoms in total. The SMILES string of the molecule is Cc1c(C(=O)OCC(C)C)sc2ncnc(Nc3cc(Cl)ccc3Cl)c12. The summed E-state index contributed by atoms with van der Waals surface area (Å²) in [6.07, 6.45) is 1.45. The van der Waals surface area contributed by atoms with Crippen LogP contribution in [0.25, 0.3) is 10.2 Å². The summed E-state index contributed by atoms with van der Waals surface area (Å²) in [4.78, 5) is 22.2. The van der Waals surface area contributed by atoms with Crippen molar-refractivity contribution in [3.63, 3.8) is 0 Å². The van der Waals surface area contributed by atoms with Gasteiger partial charge in [0.05, 0.1) is 22.7 Å². The Balaban J connectivity index is 2.00. The molecular weight excluding hydrogens is 393 g/mol. The molecule has 26 heavy (non-hydrogen) atoms. The summed E-state index contributed by atoms with van der Waals surface area (Å²) in [6, 6.07) is 5.14. The Hall–Kier alpha value is -1.89. The molecule has 0 aliphatic rings. The molecule has 2 heterocycles. The van der Waals surface area contributed by atoms with Crippen LogP contribution in [0.15, 0.2) is 24.5 Å². The van der Waals surface area contributed by atoms with E-state index in [9.17, 15) is 4.79 Å². The van der Waals surface area contributed by atoms with Crippen LogP contribution in [0.1, 0.15) is 29.1 Å². The van der Waals surface area contributed by atoms with E-state index in [1.807, 2.05) is 20.8 Å². The summed E-state index contributed by atoms with van der Waals surface area (Å²) in [5, 5.41) is 5.03. The van der Waals surface area contributed by atoms with Gasteiger partial charge in [0.2, 0.25) is 0 Å². The van der Waals surface area contributed by atoms with Crippen molar-refractivity contribution in [3.05, 3.63) is 45.0 Å². The van der Waals surface area contributed by atoms with E-state index >= 15 is 0 Å². The molecule has 0 saturated carbocycles. The van der Waals surface area contributed by atoms with Crippen molar-refractivity contribution >= 4 is 62.2 Å². The number of aromatic nitrogens is 2. The zero-order chi connectivity index (χ0) is 18.8. The Bertz CT molecular complexity index is 972. The van der Waals surface area contributed by atoms with Crippen molar-refractivity contribution < 1.29 is 9.53 Å². The lowest BCUT2D eigenvalue weighted by atomic mass is 10.2. The minimum Gasteiger partial charge on any atom is -0.461 e. The Morgan fingerprint density at radius 2 is 2.08 bits per heavy atom. The second kappa shape index (κ2) is 7.78. The molecule has 8 heteroatoms. The minimum atomic E-state index is -0.342. The van der Waals surface area contributed by atoms with Crippen LogP contribution in [-0.4, -0.2) is 22.5 Å². The van der Waals surface area contributed by atoms with Gasteiger partial charge in [-0.3, -0.25) is 0 Å². The Morgan fingerprint density at radius 3 is 2.81 bits per heavy atom. The van der Waals surface area contributed by atoms with Crippen molar-refractivity contribution in [2.75, 3.05) is 11.9 Å². The number of esters is 1. The molecule has 0 aliphatic carbocycles. The molecule has 0 fully saturated rings. The topological polar surface area (TPSA) is 64.1 Å². The fourth-order valence-electron chi connectivity index (χ4n) is 2.39. The van der Waals surface area contributed by atoms with Crippen LogP contribution in [-0.2, 0) is 4.74 Å². The Morgan fingerprint density at radius 1 is 1.31 bits per heavy atom. The molecule has 0 saturated heterocycles. The summed E-state index contributed by atoms with van der Waals surface area (Å²) < 4.78 is 5.36. The van der Waals surface area contributed by atoms with Crippen molar-refractivity contribution in [2.45, 2.75) is 20.8 Å². The zero-order valence-corrected chi connectivity index (χ0v) is 16.8. The van der Waals surface area contributed by atoms with E-state index in [0.717, 1.165) is 10.9 Å². The number of fused-ring (bicyclic) bond motifs is 1. The number of carbonyl (C=O) groups is 1. The summed E-state index contributed by atoms with van der Waals surface area (Å²) in [5.74, 6) is 0.498. The van der Waals surface area contributed by atoms with Gasteiger partial charge in [-0.15, -0.1) is 11.3 Å². The van der Waals surface area contributed by atoms with Crippen LogP contribution in [0.4, 0.5) is 11.5 Å². The molecule has 0 radical (unpaired) electrons. The third-order valence-electron chi connectivity index (χ3n) is 3.64. The lowest BCUT2D eigenvalue weighted by Crippen LogP contribution is -2.09. The number of nitrogens with zero attached hydrogens (tertiary/aromatic N) is 2. The molecule has 136 valence electrons. The average molecular weight is 410 g/mol. The molecule has 0 atom stereocenters. The molecule has 1 aromatic carbocycles. The average Bonchev–Trinajstić information content (AvgIpc) is 2.94. The van der Waals surface area contributed by atoms with Crippen molar-refractivity contribution in [3.8, 4) is 0 Å². The lowest BCUT2D eigenvalue weighted by Gasteiger charge is -2.09. The first-order chi connectivity index (χ1) is 12.4. The Kier molecular flexibility index (Phi) is 5.65. The largest absolute Gasteiger partial charge is 0.461 e. The summed E-state index contributed by atoms with van der Waals surface area (Å²) in [5.41, 5.74) is 1.41. The maximum Gasteiger partial charge on any atom is 0.348 e. The number of aryl methyl sites for hydroxylation is 1. The number of thiophene rings is 1. The third kappa shape index (κ3) is 3.92. The molecule has 0 aliphatic heterocycles. The van der Waals surface area contributed by atoms with Gasteiger partial charge in [0.15, 0.2) is 0 Å². The fraction of sp³-hybridized carbons (Fsp3) is 0.278. The number of ether oxygens (including phenoxy) is 1. The highest BCUT2D eigenvalue weighted by molar-refractivity contribution is 7.20. The highest BCUT2D eigenvalue weighted by atomic mass is 35.5. The second-order valence-electron chi connectivity index (χ2n) is 6.20. The van der Waals surface area contributed by atoms with E-state index in [0.29, 0.717) is 37.9 Å². The molecule has 0 spiro atoms. The number of benzene rings is 1. The van der Waals surface area contributed by atoms with Gasteiger partial charge in [0.25, 0.3) is 0 Å². The predicted molar refractivity (Wildman–Crippen MR) is 107 cm³/mol. The fourth-order valence-corrected chi connectivity index (χ4v) is 3.77. The maximum atomic E-state index is 12.4. The van der Waals surface area contributed by atoms with E-state index in [4.69, 9.17) is 27.9 Å². The number of hydrogen-bond acceptors (Lipinski definition) is 6. The molecule has 3 aromatic rings. The van der Waals surface area contributed by atoms with Gasteiger partial charge in [-0.05, 0) is 36.6 Å². The molecule has 0 bridgehead atoms. The van der Waals surface area contributed by atoms with E-state index in [2.05, 4.69) is 15.3 Å². The first-order valence-electron chi connectivity index (χ1n) is 8.00. The van der Waals surface area contributed by atoms with Crippen LogP contribution in [0.3, 0.4) is 0 Å². The molecule has 1 N–H and O–H groups in total. The van der Waals surface area contributed by atoms with Gasteiger partial charge >= 0.3 is 5.97 Å². The van der Waals surface area contributed by atoms with Gasteiger partial charge in [0.1, 0.15) is 21.9 Å². The first-order valence-corrected chi connectivity index (χ1v) is 9.57. The van der Waals surface area contributed by atoms with Gasteiger partial charge < -0.3 is 10.1 Å². The minimum absolute atomic E-state index is 0.274. The quantitative estimate of drug-likeness (QED) is 0.534.